The Morgan fingerprint density at radius 3 is 2.50 bits per heavy atom. The van der Waals surface area contributed by atoms with Crippen LogP contribution in [0, 0.1) is 0 Å². The fourth-order valence-electron chi connectivity index (χ4n) is 2.96. The minimum Gasteiger partial charge on any atom is -0.543 e. The van der Waals surface area contributed by atoms with Gasteiger partial charge in [0.25, 0.3) is 0 Å². The van der Waals surface area contributed by atoms with Crippen molar-refractivity contribution in [2.75, 3.05) is 0 Å². The minimum atomic E-state index is -1.90. The van der Waals surface area contributed by atoms with Gasteiger partial charge in [-0.1, -0.05) is 44.5 Å². The molecule has 0 saturated carbocycles. The van der Waals surface area contributed by atoms with Crippen molar-refractivity contribution in [3.63, 3.8) is 0 Å². The van der Waals surface area contributed by atoms with Crippen molar-refractivity contribution in [2.45, 2.75) is 38.9 Å². The Labute approximate surface area is 182 Å². The monoisotopic (exact) mass is 436 g/mol. The molecule has 0 aliphatic carbocycles. The van der Waals surface area contributed by atoms with Crippen molar-refractivity contribution < 1.29 is 4.43 Å². The Hall–Kier alpha value is -2.70. The number of aromatic nitrogens is 4. The zero-order valence-corrected chi connectivity index (χ0v) is 19.6. The molecule has 0 fully saturated rings. The molecular weight excluding hydrogens is 412 g/mol. The third-order valence-corrected chi connectivity index (χ3v) is 10.3. The summed E-state index contributed by atoms with van der Waals surface area (Å²) < 4.78 is 8.20. The summed E-state index contributed by atoms with van der Waals surface area (Å²) >= 11 is 6.07. The van der Waals surface area contributed by atoms with Gasteiger partial charge in [-0.3, -0.25) is 4.98 Å². The molecule has 0 atom stereocenters. The zero-order valence-electron chi connectivity index (χ0n) is 17.8. The Bertz CT molecular complexity index is 1210. The van der Waals surface area contributed by atoms with E-state index in [-0.39, 0.29) is 5.04 Å². The third kappa shape index (κ3) is 3.97. The molecule has 154 valence electrons. The molecule has 0 aliphatic rings. The molecular formula is C23H25ClN4OSi. The van der Waals surface area contributed by atoms with Crippen LogP contribution in [0.5, 0.6) is 5.75 Å². The standard InChI is InChI=1S/C23H25ClN4OSi/c1-23(2,3)30(4,5)29-18-8-6-7-16(13-18)17-11-12-25-19(14-17)20-15-26-22-10-9-21(24)27-28(20)22/h6-15H,1-5H3. The Balaban J connectivity index is 1.70. The number of hydrogen-bond donors (Lipinski definition) is 0. The molecule has 4 rings (SSSR count). The van der Waals surface area contributed by atoms with Crippen LogP contribution in [0.2, 0.25) is 23.3 Å². The lowest BCUT2D eigenvalue weighted by atomic mass is 10.1. The summed E-state index contributed by atoms with van der Waals surface area (Å²) in [6.07, 6.45) is 3.57. The average molecular weight is 437 g/mol. The highest BCUT2D eigenvalue weighted by Crippen LogP contribution is 2.38. The van der Waals surface area contributed by atoms with Crippen LogP contribution in [-0.2, 0) is 0 Å². The Kier molecular flexibility index (Phi) is 5.16. The van der Waals surface area contributed by atoms with E-state index in [4.69, 9.17) is 16.0 Å². The Morgan fingerprint density at radius 2 is 1.73 bits per heavy atom. The van der Waals surface area contributed by atoms with E-state index in [2.05, 4.69) is 61.1 Å². The van der Waals surface area contributed by atoms with Crippen molar-refractivity contribution in [2.24, 2.45) is 0 Å². The van der Waals surface area contributed by atoms with Crippen LogP contribution in [0.15, 0.2) is 60.9 Å². The number of benzene rings is 1. The second-order valence-corrected chi connectivity index (χ2v) is 14.0. The van der Waals surface area contributed by atoms with Crippen molar-refractivity contribution in [3.8, 4) is 28.3 Å². The Morgan fingerprint density at radius 1 is 0.967 bits per heavy atom. The number of pyridine rings is 1. The zero-order chi connectivity index (χ0) is 21.5. The number of fused-ring (bicyclic) bond motifs is 1. The van der Waals surface area contributed by atoms with Crippen LogP contribution in [-0.4, -0.2) is 27.9 Å². The lowest BCUT2D eigenvalue weighted by Gasteiger charge is -2.36. The molecule has 30 heavy (non-hydrogen) atoms. The maximum Gasteiger partial charge on any atom is 0.250 e. The first-order chi connectivity index (χ1) is 14.1. The van der Waals surface area contributed by atoms with Gasteiger partial charge in [-0.05, 0) is 65.7 Å². The molecule has 0 bridgehead atoms. The highest BCUT2D eigenvalue weighted by atomic mass is 35.5. The van der Waals surface area contributed by atoms with E-state index < -0.39 is 8.32 Å². The summed E-state index contributed by atoms with van der Waals surface area (Å²) in [6, 6.07) is 15.9. The van der Waals surface area contributed by atoms with Crippen molar-refractivity contribution >= 4 is 25.6 Å². The number of nitrogens with zero attached hydrogens (tertiary/aromatic N) is 4. The predicted molar refractivity (Wildman–Crippen MR) is 124 cm³/mol. The van der Waals surface area contributed by atoms with Gasteiger partial charge in [0.1, 0.15) is 16.6 Å². The van der Waals surface area contributed by atoms with E-state index in [1.165, 1.54) is 0 Å². The molecule has 0 N–H and O–H groups in total. The summed E-state index contributed by atoms with van der Waals surface area (Å²) in [5, 5.41) is 4.91. The second-order valence-electron chi connectivity index (χ2n) is 8.89. The summed E-state index contributed by atoms with van der Waals surface area (Å²) in [5.41, 5.74) is 4.44. The lowest BCUT2D eigenvalue weighted by Crippen LogP contribution is -2.43. The molecule has 0 spiro atoms. The molecule has 1 aromatic carbocycles. The van der Waals surface area contributed by atoms with Crippen LogP contribution >= 0.6 is 11.6 Å². The predicted octanol–water partition coefficient (Wildman–Crippen LogP) is 6.50. The van der Waals surface area contributed by atoms with E-state index in [0.717, 1.165) is 33.9 Å². The van der Waals surface area contributed by atoms with Gasteiger partial charge in [0.2, 0.25) is 8.32 Å². The fraction of sp³-hybridized carbons (Fsp3) is 0.261. The van der Waals surface area contributed by atoms with Crippen LogP contribution in [0.1, 0.15) is 20.8 Å². The lowest BCUT2D eigenvalue weighted by molar-refractivity contribution is 0.492. The normalized spacial score (nSPS) is 12.3. The van der Waals surface area contributed by atoms with E-state index in [1.54, 1.807) is 23.0 Å². The van der Waals surface area contributed by atoms with Crippen molar-refractivity contribution in [1.82, 2.24) is 19.6 Å². The van der Waals surface area contributed by atoms with Gasteiger partial charge in [0, 0.05) is 6.20 Å². The topological polar surface area (TPSA) is 52.3 Å². The van der Waals surface area contributed by atoms with E-state index in [9.17, 15) is 0 Å². The smallest absolute Gasteiger partial charge is 0.250 e. The highest BCUT2D eigenvalue weighted by Gasteiger charge is 2.38. The molecule has 4 aromatic rings. The SMILES string of the molecule is CC(C)(C)[Si](C)(C)Oc1cccc(-c2ccnc(-c3cnc4ccc(Cl)nn34)c2)c1. The summed E-state index contributed by atoms with van der Waals surface area (Å²) in [4.78, 5) is 8.94. The summed E-state index contributed by atoms with van der Waals surface area (Å²) in [6.45, 7) is 11.2. The fourth-order valence-corrected chi connectivity index (χ4v) is 4.12. The van der Waals surface area contributed by atoms with Crippen LogP contribution in [0.3, 0.4) is 0 Å². The average Bonchev–Trinajstić information content (AvgIpc) is 3.10. The maximum atomic E-state index is 6.49. The van der Waals surface area contributed by atoms with Gasteiger partial charge in [0.15, 0.2) is 5.65 Å². The first-order valence-electron chi connectivity index (χ1n) is 9.90. The van der Waals surface area contributed by atoms with Crippen LogP contribution in [0.25, 0.3) is 28.2 Å². The molecule has 0 saturated heterocycles. The van der Waals surface area contributed by atoms with Crippen molar-refractivity contribution in [3.05, 3.63) is 66.1 Å². The molecule has 5 nitrogen and oxygen atoms in total. The van der Waals surface area contributed by atoms with E-state index in [0.29, 0.717) is 5.15 Å². The number of imidazole rings is 1. The van der Waals surface area contributed by atoms with Crippen LogP contribution in [0.4, 0.5) is 0 Å². The molecule has 0 radical (unpaired) electrons. The number of rotatable bonds is 4. The third-order valence-electron chi connectivity index (χ3n) is 5.70. The summed E-state index contributed by atoms with van der Waals surface area (Å²) in [7, 11) is -1.90. The van der Waals surface area contributed by atoms with Crippen molar-refractivity contribution in [1.29, 1.82) is 0 Å². The van der Waals surface area contributed by atoms with Gasteiger partial charge in [-0.2, -0.15) is 5.10 Å². The molecule has 3 aromatic heterocycles. The quantitative estimate of drug-likeness (QED) is 0.343. The minimum absolute atomic E-state index is 0.143. The molecule has 0 unspecified atom stereocenters. The summed E-state index contributed by atoms with van der Waals surface area (Å²) in [5.74, 6) is 0.903. The maximum absolute atomic E-state index is 6.49. The van der Waals surface area contributed by atoms with Gasteiger partial charge in [-0.25, -0.2) is 9.50 Å². The largest absolute Gasteiger partial charge is 0.543 e. The molecule has 0 aliphatic heterocycles. The van der Waals surface area contributed by atoms with Crippen LogP contribution < -0.4 is 4.43 Å². The van der Waals surface area contributed by atoms with Gasteiger partial charge in [0.05, 0.1) is 11.9 Å². The van der Waals surface area contributed by atoms with E-state index >= 15 is 0 Å². The molecule has 3 heterocycles. The van der Waals surface area contributed by atoms with Gasteiger partial charge < -0.3 is 4.43 Å². The first-order valence-corrected chi connectivity index (χ1v) is 13.2. The molecule has 0 amide bonds. The van der Waals surface area contributed by atoms with Gasteiger partial charge >= 0.3 is 0 Å². The first kappa shape index (κ1) is 20.6. The second kappa shape index (κ2) is 7.52. The highest BCUT2D eigenvalue weighted by molar-refractivity contribution is 6.74. The molecule has 7 heteroatoms. The van der Waals surface area contributed by atoms with Gasteiger partial charge in [-0.15, -0.1) is 0 Å². The van der Waals surface area contributed by atoms with E-state index in [1.807, 2.05) is 30.3 Å². The number of halogens is 1. The number of hydrogen-bond acceptors (Lipinski definition) is 4.